The molecule has 0 atom stereocenters. The lowest BCUT2D eigenvalue weighted by atomic mass is 10.3. The SMILES string of the molecule is COc1ccccc1OCc1ccc(C(=O)N(C)CC(F)(F)F)o1. The topological polar surface area (TPSA) is 51.9 Å². The molecule has 0 fully saturated rings. The second-order valence-corrected chi connectivity index (χ2v) is 4.98. The van der Waals surface area contributed by atoms with Gasteiger partial charge in [-0.15, -0.1) is 0 Å². The molecule has 2 aromatic rings. The van der Waals surface area contributed by atoms with Crippen molar-refractivity contribution in [1.82, 2.24) is 4.90 Å². The van der Waals surface area contributed by atoms with E-state index in [2.05, 4.69) is 0 Å². The molecule has 2 rings (SSSR count). The summed E-state index contributed by atoms with van der Waals surface area (Å²) in [5.74, 6) is 0.296. The minimum absolute atomic E-state index is 0.0106. The maximum absolute atomic E-state index is 12.3. The number of halogens is 3. The minimum Gasteiger partial charge on any atom is -0.493 e. The first kappa shape index (κ1) is 17.7. The highest BCUT2D eigenvalue weighted by Gasteiger charge is 2.32. The molecule has 5 nitrogen and oxygen atoms in total. The van der Waals surface area contributed by atoms with Crippen LogP contribution >= 0.6 is 0 Å². The van der Waals surface area contributed by atoms with Crippen LogP contribution in [0.2, 0.25) is 0 Å². The van der Waals surface area contributed by atoms with E-state index in [0.717, 1.165) is 7.05 Å². The van der Waals surface area contributed by atoms with Crippen molar-refractivity contribution < 1.29 is 31.9 Å². The van der Waals surface area contributed by atoms with E-state index >= 15 is 0 Å². The summed E-state index contributed by atoms with van der Waals surface area (Å²) < 4.78 is 52.8. The number of para-hydroxylation sites is 2. The van der Waals surface area contributed by atoms with Gasteiger partial charge in [-0.3, -0.25) is 4.79 Å². The molecule has 0 aliphatic rings. The molecule has 0 aliphatic heterocycles. The van der Waals surface area contributed by atoms with Crippen LogP contribution < -0.4 is 9.47 Å². The Labute approximate surface area is 136 Å². The van der Waals surface area contributed by atoms with E-state index in [9.17, 15) is 18.0 Å². The smallest absolute Gasteiger partial charge is 0.406 e. The molecule has 0 saturated heterocycles. The maximum Gasteiger partial charge on any atom is 0.406 e. The predicted molar refractivity (Wildman–Crippen MR) is 79.0 cm³/mol. The van der Waals surface area contributed by atoms with E-state index in [-0.39, 0.29) is 12.4 Å². The third-order valence-electron chi connectivity index (χ3n) is 3.07. The molecule has 0 aliphatic carbocycles. The third-order valence-corrected chi connectivity index (χ3v) is 3.07. The number of hydrogen-bond donors (Lipinski definition) is 0. The maximum atomic E-state index is 12.3. The molecule has 0 radical (unpaired) electrons. The van der Waals surface area contributed by atoms with Crippen LogP contribution in [0, 0.1) is 0 Å². The lowest BCUT2D eigenvalue weighted by Crippen LogP contribution is -2.35. The first-order valence-corrected chi connectivity index (χ1v) is 6.97. The lowest BCUT2D eigenvalue weighted by Gasteiger charge is -2.17. The summed E-state index contributed by atoms with van der Waals surface area (Å²) in [7, 11) is 2.56. The summed E-state index contributed by atoms with van der Waals surface area (Å²) in [4.78, 5) is 12.4. The average Bonchev–Trinajstić information content (AvgIpc) is 2.99. The molecule has 24 heavy (non-hydrogen) atoms. The first-order chi connectivity index (χ1) is 11.3. The number of alkyl halides is 3. The fraction of sp³-hybridized carbons (Fsp3) is 0.312. The van der Waals surface area contributed by atoms with Crippen LogP contribution in [0.1, 0.15) is 16.3 Å². The summed E-state index contributed by atoms with van der Waals surface area (Å²) in [6, 6.07) is 9.76. The fourth-order valence-corrected chi connectivity index (χ4v) is 1.99. The molecule has 1 heterocycles. The van der Waals surface area contributed by atoms with E-state index in [1.54, 1.807) is 24.3 Å². The van der Waals surface area contributed by atoms with Crippen LogP contribution in [0.3, 0.4) is 0 Å². The van der Waals surface area contributed by atoms with Crippen molar-refractivity contribution >= 4 is 5.91 Å². The second-order valence-electron chi connectivity index (χ2n) is 4.98. The normalized spacial score (nSPS) is 11.2. The zero-order valence-electron chi connectivity index (χ0n) is 13.1. The fourth-order valence-electron chi connectivity index (χ4n) is 1.99. The van der Waals surface area contributed by atoms with Gasteiger partial charge in [0, 0.05) is 7.05 Å². The number of carbonyl (C=O) groups is 1. The Bertz CT molecular complexity index is 697. The number of nitrogens with zero attached hydrogens (tertiary/aromatic N) is 1. The van der Waals surface area contributed by atoms with Gasteiger partial charge >= 0.3 is 6.18 Å². The first-order valence-electron chi connectivity index (χ1n) is 6.97. The molecular formula is C16H16F3NO4. The largest absolute Gasteiger partial charge is 0.493 e. The zero-order chi connectivity index (χ0) is 17.7. The summed E-state index contributed by atoms with van der Waals surface area (Å²) in [5, 5.41) is 0. The Kier molecular flexibility index (Phi) is 5.38. The van der Waals surface area contributed by atoms with Crippen molar-refractivity contribution in [3.8, 4) is 11.5 Å². The van der Waals surface area contributed by atoms with Gasteiger partial charge in [0.1, 0.15) is 18.9 Å². The van der Waals surface area contributed by atoms with Gasteiger partial charge in [-0.05, 0) is 24.3 Å². The van der Waals surface area contributed by atoms with E-state index in [1.807, 2.05) is 0 Å². The molecule has 1 amide bonds. The summed E-state index contributed by atoms with van der Waals surface area (Å²) >= 11 is 0. The van der Waals surface area contributed by atoms with Crippen molar-refractivity contribution in [2.24, 2.45) is 0 Å². The molecule has 1 aromatic carbocycles. The van der Waals surface area contributed by atoms with Crippen LogP contribution in [-0.4, -0.2) is 37.7 Å². The third kappa shape index (κ3) is 4.68. The number of methoxy groups -OCH3 is 1. The molecule has 8 heteroatoms. The van der Waals surface area contributed by atoms with Gasteiger partial charge in [0.15, 0.2) is 17.3 Å². The van der Waals surface area contributed by atoms with Crippen molar-refractivity contribution in [3.05, 3.63) is 47.9 Å². The van der Waals surface area contributed by atoms with Gasteiger partial charge in [-0.2, -0.15) is 13.2 Å². The van der Waals surface area contributed by atoms with Crippen molar-refractivity contribution in [2.75, 3.05) is 20.7 Å². The second kappa shape index (κ2) is 7.29. The summed E-state index contributed by atoms with van der Waals surface area (Å²) in [6.07, 6.45) is -4.47. The number of amides is 1. The Morgan fingerprint density at radius 2 is 1.83 bits per heavy atom. The average molecular weight is 343 g/mol. The number of rotatable bonds is 6. The van der Waals surface area contributed by atoms with Gasteiger partial charge < -0.3 is 18.8 Å². The summed E-state index contributed by atoms with van der Waals surface area (Å²) in [5.41, 5.74) is 0. The monoisotopic (exact) mass is 343 g/mol. The Balaban J connectivity index is 1.99. The highest BCUT2D eigenvalue weighted by molar-refractivity contribution is 5.91. The van der Waals surface area contributed by atoms with Gasteiger partial charge in [0.05, 0.1) is 7.11 Å². The molecule has 0 N–H and O–H groups in total. The summed E-state index contributed by atoms with van der Waals surface area (Å²) in [6.45, 7) is -1.34. The van der Waals surface area contributed by atoms with Crippen LogP contribution in [0.25, 0.3) is 0 Å². The van der Waals surface area contributed by atoms with Gasteiger partial charge in [0.2, 0.25) is 0 Å². The number of hydrogen-bond acceptors (Lipinski definition) is 4. The van der Waals surface area contributed by atoms with E-state index < -0.39 is 18.6 Å². The lowest BCUT2D eigenvalue weighted by molar-refractivity contribution is -0.138. The Morgan fingerprint density at radius 1 is 1.17 bits per heavy atom. The van der Waals surface area contributed by atoms with Crippen LogP contribution in [-0.2, 0) is 6.61 Å². The van der Waals surface area contributed by atoms with Gasteiger partial charge in [0.25, 0.3) is 5.91 Å². The van der Waals surface area contributed by atoms with Gasteiger partial charge in [-0.25, -0.2) is 0 Å². The zero-order valence-corrected chi connectivity index (χ0v) is 13.1. The molecule has 0 spiro atoms. The Morgan fingerprint density at radius 3 is 2.46 bits per heavy atom. The molecular weight excluding hydrogens is 327 g/mol. The molecule has 0 saturated carbocycles. The van der Waals surface area contributed by atoms with E-state index in [0.29, 0.717) is 22.2 Å². The van der Waals surface area contributed by atoms with E-state index in [4.69, 9.17) is 13.9 Å². The predicted octanol–water partition coefficient (Wildman–Crippen LogP) is 3.50. The minimum atomic E-state index is -4.47. The van der Waals surface area contributed by atoms with Crippen molar-refractivity contribution in [2.45, 2.75) is 12.8 Å². The number of carbonyl (C=O) groups excluding carboxylic acids is 1. The highest BCUT2D eigenvalue weighted by atomic mass is 19.4. The molecule has 1 aromatic heterocycles. The number of furan rings is 1. The molecule has 0 bridgehead atoms. The standard InChI is InChI=1S/C16H16F3NO4/c1-20(10-16(17,18)19)15(21)14-8-7-11(24-14)9-23-13-6-4-3-5-12(13)22-2/h3-8H,9-10H2,1-2H3. The van der Waals surface area contributed by atoms with E-state index in [1.165, 1.54) is 19.2 Å². The van der Waals surface area contributed by atoms with Crippen molar-refractivity contribution in [3.63, 3.8) is 0 Å². The van der Waals surface area contributed by atoms with Crippen molar-refractivity contribution in [1.29, 1.82) is 0 Å². The van der Waals surface area contributed by atoms with Crippen LogP contribution in [0.4, 0.5) is 13.2 Å². The highest BCUT2D eigenvalue weighted by Crippen LogP contribution is 2.27. The molecule has 130 valence electrons. The van der Waals surface area contributed by atoms with Crippen LogP contribution in [0.5, 0.6) is 11.5 Å². The number of benzene rings is 1. The Hall–Kier alpha value is -2.64. The van der Waals surface area contributed by atoms with Crippen LogP contribution in [0.15, 0.2) is 40.8 Å². The molecule has 0 unspecified atom stereocenters. The van der Waals surface area contributed by atoms with Gasteiger partial charge in [-0.1, -0.05) is 12.1 Å². The number of ether oxygens (including phenoxy) is 2. The quantitative estimate of drug-likeness (QED) is 0.806.